The lowest BCUT2D eigenvalue weighted by molar-refractivity contribution is -0.141. The Hall–Kier alpha value is -1.69. The number of likely N-dealkylation sites (N-methyl/N-ethyl adjacent to an activating group) is 1. The van der Waals surface area contributed by atoms with Crippen molar-refractivity contribution in [2.75, 3.05) is 20.7 Å². The van der Waals surface area contributed by atoms with Gasteiger partial charge in [-0.1, -0.05) is 0 Å². The zero-order valence-electron chi connectivity index (χ0n) is 10.7. The number of rotatable bonds is 5. The van der Waals surface area contributed by atoms with E-state index < -0.39 is 0 Å². The molecule has 1 aromatic heterocycles. The number of hydrogen-bond acceptors (Lipinski definition) is 5. The topological polar surface area (TPSA) is 59.5 Å². The Balaban J connectivity index is 2.44. The number of nitrogens with zero attached hydrogens (tertiary/aromatic N) is 2. The first-order chi connectivity index (χ1) is 8.52. The minimum absolute atomic E-state index is 0.162. The van der Waals surface area contributed by atoms with E-state index in [1.807, 2.05) is 12.3 Å². The molecular weight excluding hydrogens is 252 g/mol. The predicted molar refractivity (Wildman–Crippen MR) is 70.2 cm³/mol. The summed E-state index contributed by atoms with van der Waals surface area (Å²) in [6, 6.07) is 0. The number of aryl methyl sites for hydroxylation is 1. The molecule has 1 aromatic rings. The highest BCUT2D eigenvalue weighted by Crippen LogP contribution is 2.09. The van der Waals surface area contributed by atoms with Crippen LogP contribution in [0, 0.1) is 6.92 Å². The molecule has 0 N–H and O–H groups in total. The summed E-state index contributed by atoms with van der Waals surface area (Å²) in [5.74, 6) is -0.488. The van der Waals surface area contributed by atoms with Gasteiger partial charge in [0, 0.05) is 25.0 Å². The summed E-state index contributed by atoms with van der Waals surface area (Å²) in [6.07, 6.45) is 3.31. The van der Waals surface area contributed by atoms with Crippen molar-refractivity contribution in [1.82, 2.24) is 9.88 Å². The molecule has 0 bridgehead atoms. The van der Waals surface area contributed by atoms with Gasteiger partial charge < -0.3 is 9.64 Å². The molecule has 0 fully saturated rings. The Labute approximate surface area is 110 Å². The van der Waals surface area contributed by atoms with Crippen LogP contribution in [0.25, 0.3) is 6.08 Å². The highest BCUT2D eigenvalue weighted by atomic mass is 32.1. The smallest absolute Gasteiger partial charge is 0.307 e. The van der Waals surface area contributed by atoms with Crippen LogP contribution < -0.4 is 0 Å². The quantitative estimate of drug-likeness (QED) is 0.599. The van der Waals surface area contributed by atoms with Crippen molar-refractivity contribution >= 4 is 29.3 Å². The molecule has 1 amide bonds. The molecule has 0 aliphatic rings. The van der Waals surface area contributed by atoms with Crippen molar-refractivity contribution in [3.8, 4) is 0 Å². The molecule has 0 saturated heterocycles. The number of carbonyl (C=O) groups excluding carboxylic acids is 2. The van der Waals surface area contributed by atoms with Crippen LogP contribution in [0.5, 0.6) is 0 Å². The zero-order chi connectivity index (χ0) is 13.5. The van der Waals surface area contributed by atoms with E-state index in [4.69, 9.17) is 0 Å². The van der Waals surface area contributed by atoms with Crippen molar-refractivity contribution in [2.45, 2.75) is 13.3 Å². The molecule has 0 spiro atoms. The maximum absolute atomic E-state index is 11.7. The van der Waals surface area contributed by atoms with E-state index in [-0.39, 0.29) is 18.3 Å². The van der Waals surface area contributed by atoms with E-state index in [1.165, 1.54) is 29.4 Å². The molecule has 5 nitrogen and oxygen atoms in total. The molecule has 0 aliphatic carbocycles. The number of thiazole rings is 1. The van der Waals surface area contributed by atoms with E-state index >= 15 is 0 Å². The maximum Gasteiger partial charge on any atom is 0.307 e. The Bertz CT molecular complexity index is 454. The minimum Gasteiger partial charge on any atom is -0.469 e. The minimum atomic E-state index is -0.325. The molecule has 0 unspecified atom stereocenters. The van der Waals surface area contributed by atoms with Crippen LogP contribution in [-0.4, -0.2) is 42.5 Å². The van der Waals surface area contributed by atoms with Crippen LogP contribution in [0.3, 0.4) is 0 Å². The number of methoxy groups -OCH3 is 1. The summed E-state index contributed by atoms with van der Waals surface area (Å²) in [4.78, 5) is 28.3. The zero-order valence-corrected chi connectivity index (χ0v) is 11.5. The second kappa shape index (κ2) is 6.90. The second-order valence-electron chi connectivity index (χ2n) is 3.71. The van der Waals surface area contributed by atoms with Gasteiger partial charge in [-0.3, -0.25) is 9.59 Å². The number of esters is 1. The van der Waals surface area contributed by atoms with Gasteiger partial charge in [0.25, 0.3) is 0 Å². The average Bonchev–Trinajstić information content (AvgIpc) is 2.78. The second-order valence-corrected chi connectivity index (χ2v) is 4.77. The fraction of sp³-hybridized carbons (Fsp3) is 0.417. The third kappa shape index (κ3) is 4.67. The summed E-state index contributed by atoms with van der Waals surface area (Å²) in [6.45, 7) is 2.25. The molecule has 1 rings (SSSR count). The van der Waals surface area contributed by atoms with Gasteiger partial charge in [0.05, 0.1) is 24.2 Å². The Morgan fingerprint density at radius 3 is 2.83 bits per heavy atom. The SMILES string of the molecule is COC(=O)CCN(C)C(=O)C=Cc1csc(C)n1. The van der Waals surface area contributed by atoms with Crippen LogP contribution in [-0.2, 0) is 14.3 Å². The number of amides is 1. The van der Waals surface area contributed by atoms with E-state index in [1.54, 1.807) is 13.1 Å². The van der Waals surface area contributed by atoms with Crippen molar-refractivity contribution in [3.63, 3.8) is 0 Å². The van der Waals surface area contributed by atoms with Gasteiger partial charge in [0.15, 0.2) is 0 Å². The molecular formula is C12H16N2O3S. The van der Waals surface area contributed by atoms with Crippen molar-refractivity contribution in [2.24, 2.45) is 0 Å². The normalized spacial score (nSPS) is 10.6. The maximum atomic E-state index is 11.7. The molecule has 18 heavy (non-hydrogen) atoms. The van der Waals surface area contributed by atoms with E-state index in [0.717, 1.165) is 10.7 Å². The van der Waals surface area contributed by atoms with Crippen molar-refractivity contribution < 1.29 is 14.3 Å². The van der Waals surface area contributed by atoms with Crippen LogP contribution in [0.2, 0.25) is 0 Å². The molecule has 0 aromatic carbocycles. The van der Waals surface area contributed by atoms with Crippen LogP contribution >= 0.6 is 11.3 Å². The molecule has 6 heteroatoms. The Morgan fingerprint density at radius 1 is 1.56 bits per heavy atom. The van der Waals surface area contributed by atoms with Gasteiger partial charge in [-0.15, -0.1) is 11.3 Å². The average molecular weight is 268 g/mol. The summed E-state index contributed by atoms with van der Waals surface area (Å²) in [5, 5.41) is 2.84. The van der Waals surface area contributed by atoms with Gasteiger partial charge in [-0.25, -0.2) is 4.98 Å². The molecule has 0 atom stereocenters. The Kier molecular flexibility index (Phi) is 5.51. The van der Waals surface area contributed by atoms with Gasteiger partial charge in [0.1, 0.15) is 0 Å². The van der Waals surface area contributed by atoms with E-state index in [2.05, 4.69) is 9.72 Å². The number of carbonyl (C=O) groups is 2. The highest BCUT2D eigenvalue weighted by molar-refractivity contribution is 7.09. The summed E-state index contributed by atoms with van der Waals surface area (Å²) < 4.78 is 4.51. The fourth-order valence-electron chi connectivity index (χ4n) is 1.21. The summed E-state index contributed by atoms with van der Waals surface area (Å²) in [7, 11) is 2.97. The highest BCUT2D eigenvalue weighted by Gasteiger charge is 2.08. The van der Waals surface area contributed by atoms with Gasteiger partial charge in [-0.05, 0) is 13.0 Å². The lowest BCUT2D eigenvalue weighted by atomic mass is 10.3. The van der Waals surface area contributed by atoms with Crippen LogP contribution in [0.1, 0.15) is 17.1 Å². The third-order valence-electron chi connectivity index (χ3n) is 2.29. The molecule has 0 aliphatic heterocycles. The number of hydrogen-bond donors (Lipinski definition) is 0. The number of ether oxygens (including phenoxy) is 1. The first-order valence-electron chi connectivity index (χ1n) is 5.45. The largest absolute Gasteiger partial charge is 0.469 e. The predicted octanol–water partition coefficient (Wildman–Crippen LogP) is 1.49. The Morgan fingerprint density at radius 2 is 2.28 bits per heavy atom. The number of aromatic nitrogens is 1. The lowest BCUT2D eigenvalue weighted by Crippen LogP contribution is -2.27. The molecule has 1 heterocycles. The van der Waals surface area contributed by atoms with Gasteiger partial charge in [-0.2, -0.15) is 0 Å². The standard InChI is InChI=1S/C12H16N2O3S/c1-9-13-10(8-18-9)4-5-11(15)14(2)7-6-12(16)17-3/h4-5,8H,6-7H2,1-3H3. The molecule has 0 saturated carbocycles. The van der Waals surface area contributed by atoms with Crippen LogP contribution in [0.4, 0.5) is 0 Å². The molecule has 0 radical (unpaired) electrons. The van der Waals surface area contributed by atoms with E-state index in [0.29, 0.717) is 6.54 Å². The van der Waals surface area contributed by atoms with E-state index in [9.17, 15) is 9.59 Å². The van der Waals surface area contributed by atoms with Gasteiger partial charge in [0.2, 0.25) is 5.91 Å². The first kappa shape index (κ1) is 14.4. The summed E-state index contributed by atoms with van der Waals surface area (Å²) >= 11 is 1.53. The van der Waals surface area contributed by atoms with Gasteiger partial charge >= 0.3 is 5.97 Å². The molecule has 98 valence electrons. The van der Waals surface area contributed by atoms with Crippen molar-refractivity contribution in [1.29, 1.82) is 0 Å². The first-order valence-corrected chi connectivity index (χ1v) is 6.33. The van der Waals surface area contributed by atoms with Crippen molar-refractivity contribution in [3.05, 3.63) is 22.2 Å². The summed E-state index contributed by atoms with van der Waals surface area (Å²) in [5.41, 5.74) is 0.771. The fourth-order valence-corrected chi connectivity index (χ4v) is 1.79. The lowest BCUT2D eigenvalue weighted by Gasteiger charge is -2.13. The monoisotopic (exact) mass is 268 g/mol. The van der Waals surface area contributed by atoms with Crippen LogP contribution in [0.15, 0.2) is 11.5 Å². The third-order valence-corrected chi connectivity index (χ3v) is 3.08.